The van der Waals surface area contributed by atoms with Crippen LogP contribution in [0, 0.1) is 0 Å². The topological polar surface area (TPSA) is 71.2 Å². The van der Waals surface area contributed by atoms with Crippen LogP contribution < -0.4 is 0 Å². The zero-order valence-corrected chi connectivity index (χ0v) is 11.8. The summed E-state index contributed by atoms with van der Waals surface area (Å²) < 4.78 is 0. The molecule has 0 aliphatic rings. The highest BCUT2D eigenvalue weighted by Crippen LogP contribution is 2.26. The molecule has 0 aliphatic heterocycles. The molecule has 3 aromatic rings. The highest BCUT2D eigenvalue weighted by Gasteiger charge is 2.11. The molecule has 0 bridgehead atoms. The summed E-state index contributed by atoms with van der Waals surface area (Å²) in [6.45, 7) is 2.16. The normalized spacial score (nSPS) is 11.1. The molecule has 21 heavy (non-hydrogen) atoms. The molecule has 2 aromatic carbocycles. The number of rotatable bonds is 4. The monoisotopic (exact) mass is 283 g/mol. The van der Waals surface area contributed by atoms with Crippen molar-refractivity contribution in [2.45, 2.75) is 26.2 Å². The van der Waals surface area contributed by atoms with Crippen LogP contribution in [0.25, 0.3) is 16.7 Å². The fourth-order valence-electron chi connectivity index (χ4n) is 2.35. The zero-order valence-electron chi connectivity index (χ0n) is 11.8. The van der Waals surface area contributed by atoms with E-state index in [1.807, 2.05) is 12.1 Å². The van der Waals surface area contributed by atoms with Gasteiger partial charge >= 0.3 is 0 Å². The summed E-state index contributed by atoms with van der Waals surface area (Å²) >= 11 is 0. The molecular formula is C16H17N3O2. The van der Waals surface area contributed by atoms with Crippen LogP contribution in [0.15, 0.2) is 36.4 Å². The van der Waals surface area contributed by atoms with E-state index in [1.54, 1.807) is 6.07 Å². The standard InChI is InChI=1S/C16H17N3O2/c1-2-3-5-11-6-4-7-13-16(11)18-19(17-13)14-9-8-12(20)10-15(14)21/h4,6-10,20-21H,2-3,5H2,1H3. The van der Waals surface area contributed by atoms with Crippen molar-refractivity contribution in [3.63, 3.8) is 0 Å². The van der Waals surface area contributed by atoms with E-state index in [-0.39, 0.29) is 11.5 Å². The van der Waals surface area contributed by atoms with Crippen LogP contribution in [-0.4, -0.2) is 25.2 Å². The first kappa shape index (κ1) is 13.4. The number of hydrogen-bond donors (Lipinski definition) is 2. The van der Waals surface area contributed by atoms with Crippen LogP contribution in [0.2, 0.25) is 0 Å². The quantitative estimate of drug-likeness (QED) is 0.771. The van der Waals surface area contributed by atoms with Crippen LogP contribution in [-0.2, 0) is 6.42 Å². The highest BCUT2D eigenvalue weighted by atomic mass is 16.3. The third kappa shape index (κ3) is 2.54. The third-order valence-corrected chi connectivity index (χ3v) is 3.47. The molecule has 1 aromatic heterocycles. The fourth-order valence-corrected chi connectivity index (χ4v) is 2.35. The molecule has 1 heterocycles. The largest absolute Gasteiger partial charge is 0.508 e. The van der Waals surface area contributed by atoms with E-state index < -0.39 is 0 Å². The van der Waals surface area contributed by atoms with Crippen LogP contribution in [0.5, 0.6) is 11.5 Å². The van der Waals surface area contributed by atoms with Gasteiger partial charge in [-0.1, -0.05) is 25.5 Å². The number of aryl methyl sites for hydroxylation is 1. The van der Waals surface area contributed by atoms with E-state index >= 15 is 0 Å². The molecule has 0 aliphatic carbocycles. The van der Waals surface area contributed by atoms with Gasteiger partial charge in [0, 0.05) is 6.07 Å². The van der Waals surface area contributed by atoms with E-state index in [0.29, 0.717) is 5.69 Å². The lowest BCUT2D eigenvalue weighted by molar-refractivity contribution is 0.446. The number of aromatic nitrogens is 3. The van der Waals surface area contributed by atoms with Crippen molar-refractivity contribution in [3.8, 4) is 17.2 Å². The van der Waals surface area contributed by atoms with Gasteiger partial charge in [0.2, 0.25) is 0 Å². The molecule has 5 nitrogen and oxygen atoms in total. The maximum atomic E-state index is 9.92. The number of phenols is 2. The van der Waals surface area contributed by atoms with Gasteiger partial charge in [-0.15, -0.1) is 15.0 Å². The van der Waals surface area contributed by atoms with E-state index in [4.69, 9.17) is 0 Å². The van der Waals surface area contributed by atoms with E-state index in [2.05, 4.69) is 23.2 Å². The lowest BCUT2D eigenvalue weighted by Crippen LogP contribution is -1.98. The Balaban J connectivity index is 2.08. The summed E-state index contributed by atoms with van der Waals surface area (Å²) in [5.41, 5.74) is 3.28. The van der Waals surface area contributed by atoms with Crippen molar-refractivity contribution < 1.29 is 10.2 Å². The summed E-state index contributed by atoms with van der Waals surface area (Å²) in [6, 6.07) is 10.3. The summed E-state index contributed by atoms with van der Waals surface area (Å²) in [5, 5.41) is 28.2. The summed E-state index contributed by atoms with van der Waals surface area (Å²) in [7, 11) is 0. The molecular weight excluding hydrogens is 266 g/mol. The Morgan fingerprint density at radius 3 is 2.71 bits per heavy atom. The number of phenolic OH excluding ortho intramolecular Hbond substituents is 2. The lowest BCUT2D eigenvalue weighted by Gasteiger charge is -2.02. The molecule has 5 heteroatoms. The second-order valence-corrected chi connectivity index (χ2v) is 5.05. The van der Waals surface area contributed by atoms with E-state index in [9.17, 15) is 10.2 Å². The maximum Gasteiger partial charge on any atom is 0.146 e. The molecule has 0 spiro atoms. The first-order valence-electron chi connectivity index (χ1n) is 7.06. The van der Waals surface area contributed by atoms with Gasteiger partial charge in [-0.3, -0.25) is 0 Å². The smallest absolute Gasteiger partial charge is 0.146 e. The molecule has 0 saturated carbocycles. The zero-order chi connectivity index (χ0) is 14.8. The average molecular weight is 283 g/mol. The van der Waals surface area contributed by atoms with Crippen molar-refractivity contribution in [2.24, 2.45) is 0 Å². The Morgan fingerprint density at radius 1 is 1.10 bits per heavy atom. The van der Waals surface area contributed by atoms with E-state index in [0.717, 1.165) is 30.3 Å². The Labute approximate surface area is 122 Å². The van der Waals surface area contributed by atoms with Gasteiger partial charge in [0.25, 0.3) is 0 Å². The van der Waals surface area contributed by atoms with Crippen LogP contribution in [0.1, 0.15) is 25.3 Å². The van der Waals surface area contributed by atoms with Gasteiger partial charge < -0.3 is 10.2 Å². The Bertz CT molecular complexity index is 780. The van der Waals surface area contributed by atoms with Gasteiger partial charge in [0.15, 0.2) is 0 Å². The molecule has 0 amide bonds. The first-order valence-corrected chi connectivity index (χ1v) is 7.06. The predicted molar refractivity (Wildman–Crippen MR) is 80.8 cm³/mol. The van der Waals surface area contributed by atoms with Crippen molar-refractivity contribution in [1.29, 1.82) is 0 Å². The van der Waals surface area contributed by atoms with Crippen molar-refractivity contribution >= 4 is 11.0 Å². The molecule has 2 N–H and O–H groups in total. The Kier molecular flexibility index (Phi) is 3.48. The lowest BCUT2D eigenvalue weighted by atomic mass is 10.1. The molecule has 108 valence electrons. The summed E-state index contributed by atoms with van der Waals surface area (Å²) in [4.78, 5) is 1.41. The maximum absolute atomic E-state index is 9.92. The number of unbranched alkanes of at least 4 members (excludes halogenated alkanes) is 1. The minimum atomic E-state index is -0.0505. The Morgan fingerprint density at radius 2 is 1.95 bits per heavy atom. The third-order valence-electron chi connectivity index (χ3n) is 3.47. The van der Waals surface area contributed by atoms with Crippen molar-refractivity contribution in [3.05, 3.63) is 42.0 Å². The second kappa shape index (κ2) is 5.44. The minimum Gasteiger partial charge on any atom is -0.508 e. The average Bonchev–Trinajstić information content (AvgIpc) is 2.89. The fraction of sp³-hybridized carbons (Fsp3) is 0.250. The number of benzene rings is 2. The van der Waals surface area contributed by atoms with Gasteiger partial charge in [-0.05, 0) is 36.6 Å². The first-order chi connectivity index (χ1) is 10.2. The van der Waals surface area contributed by atoms with Gasteiger partial charge in [-0.25, -0.2) is 0 Å². The van der Waals surface area contributed by atoms with Crippen LogP contribution in [0.4, 0.5) is 0 Å². The number of aromatic hydroxyl groups is 2. The predicted octanol–water partition coefficient (Wildman–Crippen LogP) is 3.17. The molecule has 3 rings (SSSR count). The van der Waals surface area contributed by atoms with Gasteiger partial charge in [-0.2, -0.15) is 0 Å². The van der Waals surface area contributed by atoms with Gasteiger partial charge in [0.1, 0.15) is 28.2 Å². The second-order valence-electron chi connectivity index (χ2n) is 5.05. The number of nitrogens with zero attached hydrogens (tertiary/aromatic N) is 3. The molecule has 0 atom stereocenters. The molecule has 0 fully saturated rings. The highest BCUT2D eigenvalue weighted by molar-refractivity contribution is 5.77. The summed E-state index contributed by atoms with van der Waals surface area (Å²) in [5.74, 6) is -0.0398. The minimum absolute atomic E-state index is 0.0107. The summed E-state index contributed by atoms with van der Waals surface area (Å²) in [6.07, 6.45) is 3.20. The van der Waals surface area contributed by atoms with Gasteiger partial charge in [0.05, 0.1) is 0 Å². The number of fused-ring (bicyclic) bond motifs is 1. The molecule has 0 saturated heterocycles. The Hall–Kier alpha value is -2.56. The molecule has 0 unspecified atom stereocenters. The number of hydrogen-bond acceptors (Lipinski definition) is 4. The van der Waals surface area contributed by atoms with Crippen LogP contribution in [0.3, 0.4) is 0 Å². The molecule has 0 radical (unpaired) electrons. The SMILES string of the molecule is CCCCc1cccc2nn(-c3ccc(O)cc3O)nc12. The van der Waals surface area contributed by atoms with E-state index in [1.165, 1.54) is 22.5 Å². The van der Waals surface area contributed by atoms with Crippen molar-refractivity contribution in [2.75, 3.05) is 0 Å². The van der Waals surface area contributed by atoms with Crippen molar-refractivity contribution in [1.82, 2.24) is 15.0 Å². The van der Waals surface area contributed by atoms with Crippen LogP contribution >= 0.6 is 0 Å².